The third-order valence-corrected chi connectivity index (χ3v) is 5.22. The van der Waals surface area contributed by atoms with Gasteiger partial charge in [-0.3, -0.25) is 0 Å². The van der Waals surface area contributed by atoms with Crippen molar-refractivity contribution in [3.63, 3.8) is 0 Å². The van der Waals surface area contributed by atoms with Crippen LogP contribution in [0.3, 0.4) is 0 Å². The van der Waals surface area contributed by atoms with Gasteiger partial charge in [-0.2, -0.15) is 5.10 Å². The fourth-order valence-corrected chi connectivity index (χ4v) is 3.68. The number of aromatic nitrogens is 2. The van der Waals surface area contributed by atoms with E-state index in [1.54, 1.807) is 0 Å². The van der Waals surface area contributed by atoms with Gasteiger partial charge in [0.1, 0.15) is 0 Å². The van der Waals surface area contributed by atoms with Crippen LogP contribution in [0.1, 0.15) is 37.8 Å². The summed E-state index contributed by atoms with van der Waals surface area (Å²) >= 11 is 0. The van der Waals surface area contributed by atoms with Crippen molar-refractivity contribution in [2.75, 3.05) is 20.6 Å². The van der Waals surface area contributed by atoms with E-state index in [9.17, 15) is 0 Å². The Labute approximate surface area is 139 Å². The SMILES string of the molecule is CN(C)C1(CNCc2ccnn2-c2ccccc2)CCCCC1. The predicted molar refractivity (Wildman–Crippen MR) is 94.8 cm³/mol. The number of hydrogen-bond donors (Lipinski definition) is 1. The topological polar surface area (TPSA) is 33.1 Å². The zero-order valence-corrected chi connectivity index (χ0v) is 14.3. The minimum absolute atomic E-state index is 0.315. The largest absolute Gasteiger partial charge is 0.309 e. The maximum absolute atomic E-state index is 4.47. The van der Waals surface area contributed by atoms with Gasteiger partial charge in [0, 0.05) is 24.8 Å². The van der Waals surface area contributed by atoms with Crippen LogP contribution < -0.4 is 5.32 Å². The monoisotopic (exact) mass is 312 g/mol. The van der Waals surface area contributed by atoms with Crippen molar-refractivity contribution in [2.45, 2.75) is 44.2 Å². The third-order valence-electron chi connectivity index (χ3n) is 5.22. The molecular weight excluding hydrogens is 284 g/mol. The van der Waals surface area contributed by atoms with Gasteiger partial charge >= 0.3 is 0 Å². The first kappa shape index (κ1) is 16.2. The van der Waals surface area contributed by atoms with Crippen LogP contribution in [-0.2, 0) is 6.54 Å². The Kier molecular flexibility index (Phi) is 5.13. The molecule has 0 spiro atoms. The number of nitrogens with zero attached hydrogens (tertiary/aromatic N) is 3. The second-order valence-corrected chi connectivity index (χ2v) is 6.85. The predicted octanol–water partition coefficient (Wildman–Crippen LogP) is 3.23. The van der Waals surface area contributed by atoms with E-state index < -0.39 is 0 Å². The van der Waals surface area contributed by atoms with Gasteiger partial charge in [-0.15, -0.1) is 0 Å². The summed E-state index contributed by atoms with van der Waals surface area (Å²) in [5, 5.41) is 8.16. The van der Waals surface area contributed by atoms with Crippen molar-refractivity contribution in [1.29, 1.82) is 0 Å². The number of para-hydroxylation sites is 1. The average Bonchev–Trinajstić information content (AvgIpc) is 3.05. The van der Waals surface area contributed by atoms with Crippen molar-refractivity contribution in [2.24, 2.45) is 0 Å². The summed E-state index contributed by atoms with van der Waals surface area (Å²) in [7, 11) is 4.45. The van der Waals surface area contributed by atoms with E-state index in [4.69, 9.17) is 0 Å². The quantitative estimate of drug-likeness (QED) is 0.889. The first-order valence-electron chi connectivity index (χ1n) is 8.68. The molecule has 0 bridgehead atoms. The lowest BCUT2D eigenvalue weighted by atomic mass is 9.80. The Morgan fingerprint density at radius 3 is 2.52 bits per heavy atom. The van der Waals surface area contributed by atoms with Crippen molar-refractivity contribution >= 4 is 0 Å². The summed E-state index contributed by atoms with van der Waals surface area (Å²) in [5.74, 6) is 0. The fourth-order valence-electron chi connectivity index (χ4n) is 3.68. The van der Waals surface area contributed by atoms with Crippen molar-refractivity contribution in [3.8, 4) is 5.69 Å². The molecule has 1 aliphatic carbocycles. The molecule has 4 nitrogen and oxygen atoms in total. The van der Waals surface area contributed by atoms with Gasteiger partial charge in [-0.05, 0) is 45.1 Å². The zero-order chi connectivity index (χ0) is 16.1. The summed E-state index contributed by atoms with van der Waals surface area (Å²) in [6, 6.07) is 12.4. The van der Waals surface area contributed by atoms with Gasteiger partial charge in [0.15, 0.2) is 0 Å². The Balaban J connectivity index is 1.64. The van der Waals surface area contributed by atoms with Gasteiger partial charge < -0.3 is 10.2 Å². The van der Waals surface area contributed by atoms with Gasteiger partial charge in [-0.1, -0.05) is 37.5 Å². The Bertz CT molecular complexity index is 597. The Morgan fingerprint density at radius 2 is 1.83 bits per heavy atom. The van der Waals surface area contributed by atoms with Crippen LogP contribution in [0.4, 0.5) is 0 Å². The van der Waals surface area contributed by atoms with Crippen LogP contribution in [0.15, 0.2) is 42.6 Å². The van der Waals surface area contributed by atoms with Gasteiger partial charge in [0.2, 0.25) is 0 Å². The number of nitrogens with one attached hydrogen (secondary N) is 1. The van der Waals surface area contributed by atoms with E-state index in [2.05, 4.69) is 59.7 Å². The van der Waals surface area contributed by atoms with E-state index >= 15 is 0 Å². The summed E-state index contributed by atoms with van der Waals surface area (Å²) in [6.45, 7) is 1.89. The lowest BCUT2D eigenvalue weighted by molar-refractivity contribution is 0.0982. The highest BCUT2D eigenvalue weighted by Crippen LogP contribution is 2.31. The Hall–Kier alpha value is -1.65. The molecule has 2 aromatic rings. The summed E-state index contributed by atoms with van der Waals surface area (Å²) in [4.78, 5) is 2.42. The van der Waals surface area contributed by atoms with Crippen LogP contribution in [0.2, 0.25) is 0 Å². The molecule has 0 amide bonds. The number of benzene rings is 1. The van der Waals surface area contributed by atoms with E-state index in [1.165, 1.54) is 37.8 Å². The van der Waals surface area contributed by atoms with E-state index in [1.807, 2.05) is 16.9 Å². The molecule has 0 radical (unpaired) electrons. The molecule has 1 N–H and O–H groups in total. The van der Waals surface area contributed by atoms with Crippen LogP contribution >= 0.6 is 0 Å². The molecule has 1 fully saturated rings. The summed E-state index contributed by atoms with van der Waals surface area (Å²) < 4.78 is 2.02. The second-order valence-electron chi connectivity index (χ2n) is 6.85. The van der Waals surface area contributed by atoms with Crippen LogP contribution in [-0.4, -0.2) is 40.9 Å². The van der Waals surface area contributed by atoms with E-state index in [0.717, 1.165) is 18.8 Å². The molecule has 3 rings (SSSR count). The molecule has 1 saturated carbocycles. The summed E-state index contributed by atoms with van der Waals surface area (Å²) in [6.07, 6.45) is 8.56. The van der Waals surface area contributed by atoms with Gasteiger partial charge in [0.25, 0.3) is 0 Å². The minimum atomic E-state index is 0.315. The fraction of sp³-hybridized carbons (Fsp3) is 0.526. The zero-order valence-electron chi connectivity index (χ0n) is 14.3. The van der Waals surface area contributed by atoms with Crippen LogP contribution in [0.25, 0.3) is 5.69 Å². The molecule has 1 heterocycles. The smallest absolute Gasteiger partial charge is 0.0649 e. The molecule has 1 aromatic heterocycles. The normalized spacial score (nSPS) is 17.5. The first-order valence-corrected chi connectivity index (χ1v) is 8.68. The molecule has 4 heteroatoms. The van der Waals surface area contributed by atoms with E-state index in [0.29, 0.717) is 5.54 Å². The van der Waals surface area contributed by atoms with Gasteiger partial charge in [0.05, 0.1) is 11.4 Å². The highest BCUT2D eigenvalue weighted by molar-refractivity contribution is 5.32. The molecular formula is C19H28N4. The van der Waals surface area contributed by atoms with Gasteiger partial charge in [-0.25, -0.2) is 4.68 Å². The highest BCUT2D eigenvalue weighted by atomic mass is 15.3. The number of rotatable bonds is 6. The molecule has 0 atom stereocenters. The molecule has 124 valence electrons. The number of likely N-dealkylation sites (N-methyl/N-ethyl adjacent to an activating group) is 1. The Morgan fingerprint density at radius 1 is 1.09 bits per heavy atom. The van der Waals surface area contributed by atoms with Crippen molar-refractivity contribution < 1.29 is 0 Å². The molecule has 0 saturated heterocycles. The lowest BCUT2D eigenvalue weighted by Gasteiger charge is -2.43. The van der Waals surface area contributed by atoms with Crippen LogP contribution in [0.5, 0.6) is 0 Å². The third kappa shape index (κ3) is 3.65. The average molecular weight is 312 g/mol. The van der Waals surface area contributed by atoms with E-state index in [-0.39, 0.29) is 0 Å². The minimum Gasteiger partial charge on any atom is -0.309 e. The molecule has 1 aliphatic rings. The summed E-state index contributed by atoms with van der Waals surface area (Å²) in [5.41, 5.74) is 2.64. The lowest BCUT2D eigenvalue weighted by Crippen LogP contribution is -2.52. The first-order chi connectivity index (χ1) is 11.2. The maximum atomic E-state index is 4.47. The molecule has 0 aliphatic heterocycles. The molecule has 23 heavy (non-hydrogen) atoms. The van der Waals surface area contributed by atoms with Crippen molar-refractivity contribution in [1.82, 2.24) is 20.0 Å². The molecule has 0 unspecified atom stereocenters. The van der Waals surface area contributed by atoms with Crippen molar-refractivity contribution in [3.05, 3.63) is 48.3 Å². The maximum Gasteiger partial charge on any atom is 0.0649 e. The standard InChI is InChI=1S/C19H28N4/c1-22(2)19(12-7-4-8-13-19)16-20-15-18-11-14-21-23(18)17-9-5-3-6-10-17/h3,5-6,9-11,14,20H,4,7-8,12-13,15-16H2,1-2H3. The highest BCUT2D eigenvalue weighted by Gasteiger charge is 2.33. The number of hydrogen-bond acceptors (Lipinski definition) is 3. The second kappa shape index (κ2) is 7.28. The van der Waals surface area contributed by atoms with Crippen LogP contribution in [0, 0.1) is 0 Å². The molecule has 1 aromatic carbocycles.